The Morgan fingerprint density at radius 2 is 2.05 bits per heavy atom. The number of hydrogen-bond donors (Lipinski definition) is 2. The van der Waals surface area contributed by atoms with Gasteiger partial charge in [-0.1, -0.05) is 44.5 Å². The van der Waals surface area contributed by atoms with Gasteiger partial charge in [0.05, 0.1) is 24.2 Å². The molecule has 1 rings (SSSR count). The third kappa shape index (κ3) is 5.80. The Kier molecular flexibility index (Phi) is 6.30. The summed E-state index contributed by atoms with van der Waals surface area (Å²) in [5.74, 6) is 0.414. The lowest BCUT2D eigenvalue weighted by atomic mass is 9.89. The number of aliphatic hydroxyl groups excluding tert-OH is 1. The molecule has 0 aliphatic carbocycles. The average Bonchev–Trinajstić information content (AvgIpc) is 2.37. The van der Waals surface area contributed by atoms with Crippen molar-refractivity contribution in [2.75, 3.05) is 13.2 Å². The molecule has 0 radical (unpaired) electrons. The Bertz CT molecular complexity index is 443. The van der Waals surface area contributed by atoms with Gasteiger partial charge < -0.3 is 15.2 Å². The van der Waals surface area contributed by atoms with Gasteiger partial charge in [0.1, 0.15) is 5.75 Å². The molecule has 5 heteroatoms. The topological polar surface area (TPSA) is 58.6 Å². The van der Waals surface area contributed by atoms with E-state index in [9.17, 15) is 9.90 Å². The molecule has 0 spiro atoms. The molecule has 0 saturated carbocycles. The maximum absolute atomic E-state index is 11.6. The molecule has 1 aromatic carbocycles. The minimum Gasteiger partial charge on any atom is -0.491 e. The first-order chi connectivity index (χ1) is 9.30. The van der Waals surface area contributed by atoms with Crippen LogP contribution < -0.4 is 10.1 Å². The van der Waals surface area contributed by atoms with Gasteiger partial charge in [0.2, 0.25) is 5.91 Å². The van der Waals surface area contributed by atoms with Gasteiger partial charge in [0.25, 0.3) is 0 Å². The van der Waals surface area contributed by atoms with Crippen molar-refractivity contribution in [1.29, 1.82) is 0 Å². The molecule has 4 nitrogen and oxygen atoms in total. The van der Waals surface area contributed by atoms with E-state index in [0.717, 1.165) is 0 Å². The van der Waals surface area contributed by atoms with Crippen molar-refractivity contribution in [3.8, 4) is 5.75 Å². The van der Waals surface area contributed by atoms with Crippen molar-refractivity contribution < 1.29 is 14.6 Å². The molecule has 0 aromatic heterocycles. The van der Waals surface area contributed by atoms with E-state index in [1.807, 2.05) is 32.9 Å². The second-order valence-corrected chi connectivity index (χ2v) is 6.12. The number of rotatable bonds is 6. The monoisotopic (exact) mass is 299 g/mol. The second-order valence-electron chi connectivity index (χ2n) is 5.71. The highest BCUT2D eigenvalue weighted by Crippen LogP contribution is 2.23. The molecule has 1 aromatic rings. The van der Waals surface area contributed by atoms with Crippen molar-refractivity contribution in [1.82, 2.24) is 5.32 Å². The number of carbonyl (C=O) groups excluding carboxylic acids is 1. The van der Waals surface area contributed by atoms with Gasteiger partial charge in [-0.05, 0) is 17.5 Å². The zero-order valence-corrected chi connectivity index (χ0v) is 12.9. The average molecular weight is 300 g/mol. The van der Waals surface area contributed by atoms with Crippen LogP contribution in [-0.4, -0.2) is 30.3 Å². The Labute approximate surface area is 125 Å². The smallest absolute Gasteiger partial charge is 0.223 e. The van der Waals surface area contributed by atoms with Gasteiger partial charge in [0, 0.05) is 6.54 Å². The maximum Gasteiger partial charge on any atom is 0.223 e. The van der Waals surface area contributed by atoms with Crippen LogP contribution in [0.5, 0.6) is 5.75 Å². The van der Waals surface area contributed by atoms with Crippen molar-refractivity contribution in [2.24, 2.45) is 5.41 Å². The highest BCUT2D eigenvalue weighted by molar-refractivity contribution is 6.32. The van der Waals surface area contributed by atoms with Gasteiger partial charge in [-0.3, -0.25) is 4.79 Å². The standard InChI is InChI=1S/C15H22ClNO3/c1-15(2,3)13(18)10-17-14(19)8-9-20-12-7-5-4-6-11(12)16/h4-7,13,18H,8-10H2,1-3H3,(H,17,19). The summed E-state index contributed by atoms with van der Waals surface area (Å²) in [7, 11) is 0. The van der Waals surface area contributed by atoms with Crippen molar-refractivity contribution >= 4 is 17.5 Å². The minimum atomic E-state index is -0.573. The first kappa shape index (κ1) is 16.8. The number of hydrogen-bond acceptors (Lipinski definition) is 3. The number of nitrogens with one attached hydrogen (secondary N) is 1. The van der Waals surface area contributed by atoms with E-state index in [1.165, 1.54) is 0 Å². The van der Waals surface area contributed by atoms with Gasteiger partial charge in [-0.15, -0.1) is 0 Å². The lowest BCUT2D eigenvalue weighted by Gasteiger charge is -2.25. The number of ether oxygens (including phenoxy) is 1. The predicted molar refractivity (Wildman–Crippen MR) is 80.0 cm³/mol. The van der Waals surface area contributed by atoms with Crippen LogP contribution in [-0.2, 0) is 4.79 Å². The van der Waals surface area contributed by atoms with Crippen molar-refractivity contribution in [2.45, 2.75) is 33.3 Å². The summed E-state index contributed by atoms with van der Waals surface area (Å²) in [6, 6.07) is 7.12. The number of halogens is 1. The van der Waals surface area contributed by atoms with Gasteiger partial charge in [-0.2, -0.15) is 0 Å². The molecule has 1 atom stereocenters. The molecule has 0 fully saturated rings. The van der Waals surface area contributed by atoms with Crippen LogP contribution in [0.25, 0.3) is 0 Å². The maximum atomic E-state index is 11.6. The SMILES string of the molecule is CC(C)(C)C(O)CNC(=O)CCOc1ccccc1Cl. The third-order valence-electron chi connectivity index (χ3n) is 2.92. The van der Waals surface area contributed by atoms with E-state index in [-0.39, 0.29) is 30.9 Å². The summed E-state index contributed by atoms with van der Waals surface area (Å²) in [5, 5.41) is 13.0. The summed E-state index contributed by atoms with van der Waals surface area (Å²) >= 11 is 5.93. The fourth-order valence-electron chi connectivity index (χ4n) is 1.42. The number of aliphatic hydroxyl groups is 1. The highest BCUT2D eigenvalue weighted by Gasteiger charge is 2.22. The molecule has 2 N–H and O–H groups in total. The third-order valence-corrected chi connectivity index (χ3v) is 3.23. The normalized spacial score (nSPS) is 12.8. The van der Waals surface area contributed by atoms with E-state index < -0.39 is 6.10 Å². The fraction of sp³-hybridized carbons (Fsp3) is 0.533. The molecule has 0 aliphatic rings. The zero-order valence-electron chi connectivity index (χ0n) is 12.1. The van der Waals surface area contributed by atoms with Gasteiger partial charge in [-0.25, -0.2) is 0 Å². The predicted octanol–water partition coefficient (Wildman–Crippen LogP) is 2.63. The quantitative estimate of drug-likeness (QED) is 0.849. The molecule has 0 bridgehead atoms. The number of para-hydroxylation sites is 1. The molecule has 0 saturated heterocycles. The molecule has 0 heterocycles. The molecular weight excluding hydrogens is 278 g/mol. The summed E-state index contributed by atoms with van der Waals surface area (Å²) < 4.78 is 5.43. The summed E-state index contributed by atoms with van der Waals surface area (Å²) in [6.07, 6.45) is -0.349. The number of benzene rings is 1. The Morgan fingerprint density at radius 3 is 2.65 bits per heavy atom. The lowest BCUT2D eigenvalue weighted by molar-refractivity contribution is -0.122. The Morgan fingerprint density at radius 1 is 1.40 bits per heavy atom. The summed E-state index contributed by atoms with van der Waals surface area (Å²) in [6.45, 7) is 6.26. The summed E-state index contributed by atoms with van der Waals surface area (Å²) in [5.41, 5.74) is -0.249. The summed E-state index contributed by atoms with van der Waals surface area (Å²) in [4.78, 5) is 11.6. The van der Waals surface area contributed by atoms with Crippen molar-refractivity contribution in [3.05, 3.63) is 29.3 Å². The minimum absolute atomic E-state index is 0.152. The van der Waals surface area contributed by atoms with E-state index in [2.05, 4.69) is 5.32 Å². The zero-order chi connectivity index (χ0) is 15.2. The van der Waals surface area contributed by atoms with Crippen molar-refractivity contribution in [3.63, 3.8) is 0 Å². The largest absolute Gasteiger partial charge is 0.491 e. The van der Waals surface area contributed by atoms with Crippen LogP contribution in [0.4, 0.5) is 0 Å². The molecule has 1 unspecified atom stereocenters. The van der Waals surface area contributed by atoms with Crippen LogP contribution in [0, 0.1) is 5.41 Å². The van der Waals surface area contributed by atoms with Crippen LogP contribution in [0.1, 0.15) is 27.2 Å². The first-order valence-corrected chi connectivity index (χ1v) is 7.00. The van der Waals surface area contributed by atoms with E-state index in [1.54, 1.807) is 12.1 Å². The van der Waals surface area contributed by atoms with E-state index in [4.69, 9.17) is 16.3 Å². The van der Waals surface area contributed by atoms with Crippen LogP contribution >= 0.6 is 11.6 Å². The van der Waals surface area contributed by atoms with E-state index >= 15 is 0 Å². The number of amides is 1. The first-order valence-electron chi connectivity index (χ1n) is 6.63. The number of carbonyl (C=O) groups is 1. The highest BCUT2D eigenvalue weighted by atomic mass is 35.5. The molecule has 20 heavy (non-hydrogen) atoms. The van der Waals surface area contributed by atoms with Crippen LogP contribution in [0.2, 0.25) is 5.02 Å². The molecular formula is C15H22ClNO3. The molecule has 1 amide bonds. The molecule has 0 aliphatic heterocycles. The van der Waals surface area contributed by atoms with E-state index in [0.29, 0.717) is 10.8 Å². The lowest BCUT2D eigenvalue weighted by Crippen LogP contribution is -2.39. The van der Waals surface area contributed by atoms with Crippen LogP contribution in [0.3, 0.4) is 0 Å². The Balaban J connectivity index is 2.26. The van der Waals surface area contributed by atoms with Gasteiger partial charge >= 0.3 is 0 Å². The second kappa shape index (κ2) is 7.50. The fourth-order valence-corrected chi connectivity index (χ4v) is 1.61. The van der Waals surface area contributed by atoms with Crippen LogP contribution in [0.15, 0.2) is 24.3 Å². The van der Waals surface area contributed by atoms with Gasteiger partial charge in [0.15, 0.2) is 0 Å². The Hall–Kier alpha value is -1.26. The molecule has 112 valence electrons.